The van der Waals surface area contributed by atoms with Gasteiger partial charge in [0.15, 0.2) is 6.61 Å². The minimum Gasteiger partial charge on any atom is -0.484 e. The van der Waals surface area contributed by atoms with Crippen LogP contribution < -0.4 is 4.74 Å². The molecular weight excluding hydrogens is 399 g/mol. The first-order valence-electron chi connectivity index (χ1n) is 9.67. The van der Waals surface area contributed by atoms with E-state index in [9.17, 15) is 19.1 Å². The molecule has 1 N–H and O–H groups in total. The molecule has 4 rings (SSSR count). The highest BCUT2D eigenvalue weighted by Gasteiger charge is 2.63. The van der Waals surface area contributed by atoms with Crippen molar-refractivity contribution in [2.75, 3.05) is 51.4 Å². The molecule has 3 saturated heterocycles. The zero-order chi connectivity index (χ0) is 20.6. The molecular formula is C20H25FN2O5S. The van der Waals surface area contributed by atoms with Crippen molar-refractivity contribution in [3.05, 3.63) is 30.1 Å². The van der Waals surface area contributed by atoms with E-state index < -0.39 is 5.60 Å². The lowest BCUT2D eigenvalue weighted by Crippen LogP contribution is -2.56. The number of morpholine rings is 1. The Morgan fingerprint density at radius 2 is 1.93 bits per heavy atom. The third-order valence-corrected chi connectivity index (χ3v) is 6.69. The van der Waals surface area contributed by atoms with E-state index in [-0.39, 0.29) is 48.8 Å². The van der Waals surface area contributed by atoms with Crippen LogP contribution in [0.15, 0.2) is 24.3 Å². The molecule has 3 aliphatic heterocycles. The van der Waals surface area contributed by atoms with E-state index in [2.05, 4.69) is 0 Å². The summed E-state index contributed by atoms with van der Waals surface area (Å²) in [5, 5.41) is 9.94. The highest BCUT2D eigenvalue weighted by atomic mass is 32.2. The number of likely N-dealkylation sites (tertiary alicyclic amines) is 2. The van der Waals surface area contributed by atoms with Gasteiger partial charge in [-0.3, -0.25) is 9.59 Å². The summed E-state index contributed by atoms with van der Waals surface area (Å²) in [6.45, 7) is 1.58. The molecule has 0 aliphatic carbocycles. The Kier molecular flexibility index (Phi) is 5.72. The number of aliphatic hydroxyl groups excluding tert-OH is 1. The maximum Gasteiger partial charge on any atom is 0.260 e. The van der Waals surface area contributed by atoms with Crippen LogP contribution in [0.3, 0.4) is 0 Å². The summed E-state index contributed by atoms with van der Waals surface area (Å²) < 4.78 is 24.8. The number of thioether (sulfide) groups is 1. The molecule has 1 aromatic carbocycles. The standard InChI is InChI=1S/C20H25FN2O5S/c1-29-10-19(26)23-7-17-15(8-24)16-6-22(11-20(16,12-23)28-17)18(25)9-27-14-4-2-13(21)3-5-14/h2-5,15-17,24H,6-12H2,1H3/t15-,16+,17+,20-/m0/s1. The number of rotatable bonds is 6. The molecule has 29 heavy (non-hydrogen) atoms. The minimum absolute atomic E-state index is 0.0145. The van der Waals surface area contributed by atoms with E-state index in [1.54, 1.807) is 4.90 Å². The topological polar surface area (TPSA) is 79.3 Å². The first-order valence-corrected chi connectivity index (χ1v) is 11.1. The summed E-state index contributed by atoms with van der Waals surface area (Å²) in [4.78, 5) is 28.7. The molecule has 3 fully saturated rings. The lowest BCUT2D eigenvalue weighted by atomic mass is 9.83. The van der Waals surface area contributed by atoms with E-state index in [0.717, 1.165) is 0 Å². The molecule has 3 aliphatic rings. The summed E-state index contributed by atoms with van der Waals surface area (Å²) in [6.07, 6.45) is 1.69. The molecule has 0 saturated carbocycles. The van der Waals surface area contributed by atoms with Gasteiger partial charge in [0.25, 0.3) is 5.91 Å². The first-order chi connectivity index (χ1) is 14.0. The largest absolute Gasteiger partial charge is 0.484 e. The third-order valence-electron chi connectivity index (χ3n) is 6.15. The number of nitrogens with zero attached hydrogens (tertiary/aromatic N) is 2. The number of hydrogen-bond acceptors (Lipinski definition) is 6. The summed E-state index contributed by atoms with van der Waals surface area (Å²) in [6, 6.07) is 5.51. The van der Waals surface area contributed by atoms with Crippen LogP contribution >= 0.6 is 11.8 Å². The number of aliphatic hydroxyl groups is 1. The van der Waals surface area contributed by atoms with E-state index in [0.29, 0.717) is 37.7 Å². The number of carbonyl (C=O) groups is 2. The Balaban J connectivity index is 1.43. The molecule has 4 atom stereocenters. The third kappa shape index (κ3) is 3.83. The summed E-state index contributed by atoms with van der Waals surface area (Å²) in [7, 11) is 0. The number of hydrogen-bond donors (Lipinski definition) is 1. The van der Waals surface area contributed by atoms with Crippen molar-refractivity contribution in [2.45, 2.75) is 11.7 Å². The van der Waals surface area contributed by atoms with Crippen LogP contribution in [0, 0.1) is 17.7 Å². The van der Waals surface area contributed by atoms with Crippen LogP contribution in [-0.2, 0) is 14.3 Å². The minimum atomic E-state index is -0.629. The Bertz CT molecular complexity index is 779. The zero-order valence-corrected chi connectivity index (χ0v) is 17.1. The number of halogens is 1. The highest BCUT2D eigenvalue weighted by Crippen LogP contribution is 2.49. The summed E-state index contributed by atoms with van der Waals surface area (Å²) in [5.41, 5.74) is -0.629. The second-order valence-electron chi connectivity index (χ2n) is 7.90. The predicted octanol–water partition coefficient (Wildman–Crippen LogP) is 0.614. The van der Waals surface area contributed by atoms with Crippen molar-refractivity contribution in [3.8, 4) is 5.75 Å². The fraction of sp³-hybridized carbons (Fsp3) is 0.600. The molecule has 7 nitrogen and oxygen atoms in total. The molecule has 158 valence electrons. The van der Waals surface area contributed by atoms with Crippen molar-refractivity contribution in [2.24, 2.45) is 11.8 Å². The Labute approximate surface area is 173 Å². The van der Waals surface area contributed by atoms with Crippen molar-refractivity contribution >= 4 is 23.6 Å². The van der Waals surface area contributed by atoms with Crippen molar-refractivity contribution < 1.29 is 28.6 Å². The number of ether oxygens (including phenoxy) is 2. The normalized spacial score (nSPS) is 30.4. The van der Waals surface area contributed by atoms with E-state index >= 15 is 0 Å². The van der Waals surface area contributed by atoms with Gasteiger partial charge in [-0.05, 0) is 30.5 Å². The molecule has 1 spiro atoms. The van der Waals surface area contributed by atoms with Crippen LogP contribution in [-0.4, -0.2) is 89.8 Å². The predicted molar refractivity (Wildman–Crippen MR) is 105 cm³/mol. The van der Waals surface area contributed by atoms with Crippen LogP contribution in [0.25, 0.3) is 0 Å². The molecule has 1 aromatic rings. The monoisotopic (exact) mass is 424 g/mol. The summed E-state index contributed by atoms with van der Waals surface area (Å²) >= 11 is 1.48. The first kappa shape index (κ1) is 20.4. The van der Waals surface area contributed by atoms with Crippen LogP contribution in [0.1, 0.15) is 0 Å². The van der Waals surface area contributed by atoms with Gasteiger partial charge >= 0.3 is 0 Å². The van der Waals surface area contributed by atoms with Crippen molar-refractivity contribution in [1.29, 1.82) is 0 Å². The summed E-state index contributed by atoms with van der Waals surface area (Å²) in [5.74, 6) is 0.223. The molecule has 0 radical (unpaired) electrons. The van der Waals surface area contributed by atoms with E-state index in [4.69, 9.17) is 9.47 Å². The smallest absolute Gasteiger partial charge is 0.260 e. The molecule has 0 unspecified atom stereocenters. The van der Waals surface area contributed by atoms with E-state index in [1.165, 1.54) is 36.0 Å². The van der Waals surface area contributed by atoms with Crippen LogP contribution in [0.2, 0.25) is 0 Å². The van der Waals surface area contributed by atoms with Gasteiger partial charge in [0.05, 0.1) is 24.9 Å². The second kappa shape index (κ2) is 8.12. The fourth-order valence-electron chi connectivity index (χ4n) is 4.80. The zero-order valence-electron chi connectivity index (χ0n) is 16.3. The van der Waals surface area contributed by atoms with Crippen molar-refractivity contribution in [1.82, 2.24) is 9.80 Å². The number of benzene rings is 1. The Hall–Kier alpha value is -1.84. The molecule has 3 heterocycles. The molecule has 2 bridgehead atoms. The number of fused-ring (bicyclic) bond motifs is 1. The average Bonchev–Trinajstić information content (AvgIpc) is 3.15. The van der Waals surface area contributed by atoms with Gasteiger partial charge in [-0.25, -0.2) is 4.39 Å². The number of amides is 2. The fourth-order valence-corrected chi connectivity index (χ4v) is 5.23. The van der Waals surface area contributed by atoms with Gasteiger partial charge < -0.3 is 24.4 Å². The van der Waals surface area contributed by atoms with Gasteiger partial charge in [-0.15, -0.1) is 0 Å². The van der Waals surface area contributed by atoms with Gasteiger partial charge in [0, 0.05) is 31.5 Å². The lowest BCUT2D eigenvalue weighted by molar-refractivity contribution is -0.153. The van der Waals surface area contributed by atoms with Crippen molar-refractivity contribution in [3.63, 3.8) is 0 Å². The average molecular weight is 424 g/mol. The lowest BCUT2D eigenvalue weighted by Gasteiger charge is -2.40. The SMILES string of the molecule is CSCC(=O)N1C[C@H]2O[C@@]3(CN(C(=O)COc4ccc(F)cc4)C[C@@H]3[C@@H]2CO)C1. The van der Waals surface area contributed by atoms with Crippen LogP contribution in [0.4, 0.5) is 4.39 Å². The molecule has 2 amide bonds. The van der Waals surface area contributed by atoms with Gasteiger partial charge in [0.1, 0.15) is 17.2 Å². The number of carbonyl (C=O) groups excluding carboxylic acids is 2. The Morgan fingerprint density at radius 3 is 2.59 bits per heavy atom. The van der Waals surface area contributed by atoms with Crippen LogP contribution in [0.5, 0.6) is 5.75 Å². The molecule has 0 aromatic heterocycles. The quantitative estimate of drug-likeness (QED) is 0.721. The van der Waals surface area contributed by atoms with Gasteiger partial charge in [-0.2, -0.15) is 11.8 Å². The van der Waals surface area contributed by atoms with Gasteiger partial charge in [0.2, 0.25) is 5.91 Å². The Morgan fingerprint density at radius 1 is 1.24 bits per heavy atom. The maximum atomic E-state index is 13.0. The molecule has 9 heteroatoms. The van der Waals surface area contributed by atoms with E-state index in [1.807, 2.05) is 11.2 Å². The highest BCUT2D eigenvalue weighted by molar-refractivity contribution is 7.99. The second-order valence-corrected chi connectivity index (χ2v) is 8.76. The maximum absolute atomic E-state index is 13.0. The van der Waals surface area contributed by atoms with Gasteiger partial charge in [-0.1, -0.05) is 0 Å².